The van der Waals surface area contributed by atoms with Crippen molar-refractivity contribution in [3.8, 4) is 35.2 Å². The maximum absolute atomic E-state index is 16.8. The second kappa shape index (κ2) is 10.7. The molecule has 1 amide bonds. The maximum Gasteiger partial charge on any atom is 0.410 e. The van der Waals surface area contributed by atoms with Crippen LogP contribution in [0.5, 0.6) is 11.8 Å². The zero-order valence-electron chi connectivity index (χ0n) is 24.8. The Morgan fingerprint density at radius 2 is 1.98 bits per heavy atom. The third-order valence-electron chi connectivity index (χ3n) is 9.90. The molecular weight excluding hydrogens is 599 g/mol. The molecule has 0 saturated carbocycles. The standard InChI is InChI=1S/C34H30F3N5O4/c1-2-23-27(36)7-4-19-12-22(43)13-26(28(19)23)24-5-6-25-30(29(24)37)38-32(46-18-34-8-3-9-41(34)15-20(35)14-34)39-31(25)40-10-11-42-21(16-40)17-45-33(42)44/h1,4-7,12-13,20-21,43H,3,8-11,14-18H2/t20-,21+,34+/m1/s1. The molecule has 4 aromatic rings. The van der Waals surface area contributed by atoms with E-state index < -0.39 is 23.3 Å². The predicted octanol–water partition coefficient (Wildman–Crippen LogP) is 5.01. The smallest absolute Gasteiger partial charge is 0.410 e. The fourth-order valence-corrected chi connectivity index (χ4v) is 7.75. The molecule has 12 heteroatoms. The highest BCUT2D eigenvalue weighted by Gasteiger charge is 2.49. The van der Waals surface area contributed by atoms with Crippen molar-refractivity contribution in [2.75, 3.05) is 50.8 Å². The molecule has 4 saturated heterocycles. The zero-order valence-corrected chi connectivity index (χ0v) is 24.8. The Morgan fingerprint density at radius 3 is 2.83 bits per heavy atom. The lowest BCUT2D eigenvalue weighted by Crippen LogP contribution is -2.52. The maximum atomic E-state index is 16.8. The molecule has 46 heavy (non-hydrogen) atoms. The minimum Gasteiger partial charge on any atom is -0.508 e. The number of piperazine rings is 1. The zero-order chi connectivity index (χ0) is 31.7. The fraction of sp³-hybridized carbons (Fsp3) is 0.382. The highest BCUT2D eigenvalue weighted by atomic mass is 19.1. The largest absolute Gasteiger partial charge is 0.508 e. The number of hydrogen-bond donors (Lipinski definition) is 1. The summed E-state index contributed by atoms with van der Waals surface area (Å²) in [6.07, 6.45) is 6.44. The highest BCUT2D eigenvalue weighted by Crippen LogP contribution is 2.42. The summed E-state index contributed by atoms with van der Waals surface area (Å²) in [5.41, 5.74) is -0.290. The number of halogens is 3. The normalized spacial score (nSPS) is 24.3. The summed E-state index contributed by atoms with van der Waals surface area (Å²) in [7, 11) is 0. The second-order valence-electron chi connectivity index (χ2n) is 12.5. The molecule has 8 rings (SSSR count). The monoisotopic (exact) mass is 629 g/mol. The van der Waals surface area contributed by atoms with Crippen molar-refractivity contribution in [2.45, 2.75) is 37.0 Å². The van der Waals surface area contributed by atoms with Crippen LogP contribution in [-0.4, -0.2) is 94.7 Å². The number of carbonyl (C=O) groups is 1. The van der Waals surface area contributed by atoms with Crippen LogP contribution < -0.4 is 9.64 Å². The van der Waals surface area contributed by atoms with Crippen LogP contribution in [0.4, 0.5) is 23.8 Å². The number of amides is 1. The van der Waals surface area contributed by atoms with E-state index in [1.807, 2.05) is 4.90 Å². The number of phenolic OH excluding ortho intramolecular Hbond substituents is 1. The summed E-state index contributed by atoms with van der Waals surface area (Å²) < 4.78 is 57.6. The molecule has 0 bridgehead atoms. The van der Waals surface area contributed by atoms with Crippen LogP contribution in [0.1, 0.15) is 24.8 Å². The summed E-state index contributed by atoms with van der Waals surface area (Å²) in [6.45, 7) is 2.76. The van der Waals surface area contributed by atoms with Gasteiger partial charge in [0.15, 0.2) is 5.82 Å². The van der Waals surface area contributed by atoms with Crippen molar-refractivity contribution in [3.63, 3.8) is 0 Å². The average molecular weight is 630 g/mol. The van der Waals surface area contributed by atoms with Gasteiger partial charge in [-0.15, -0.1) is 6.42 Å². The van der Waals surface area contributed by atoms with E-state index in [-0.39, 0.29) is 64.7 Å². The number of terminal acetylenes is 1. The van der Waals surface area contributed by atoms with Crippen molar-refractivity contribution in [3.05, 3.63) is 53.6 Å². The first kappa shape index (κ1) is 28.7. The van der Waals surface area contributed by atoms with Crippen LogP contribution >= 0.6 is 0 Å². The Morgan fingerprint density at radius 1 is 1.11 bits per heavy atom. The molecule has 0 unspecified atom stereocenters. The number of cyclic esters (lactones) is 1. The van der Waals surface area contributed by atoms with Gasteiger partial charge in [-0.3, -0.25) is 9.80 Å². The molecule has 1 aromatic heterocycles. The number of phenols is 1. The van der Waals surface area contributed by atoms with Crippen LogP contribution in [0.2, 0.25) is 0 Å². The van der Waals surface area contributed by atoms with E-state index in [1.165, 1.54) is 30.3 Å². The van der Waals surface area contributed by atoms with Crippen LogP contribution in [0.25, 0.3) is 32.8 Å². The SMILES string of the molecule is C#Cc1c(F)ccc2cc(O)cc(-c3ccc4c(N5CCN6C(=O)OC[C@@H]6C5)nc(OC[C@@]56CCCN5C[C@H](F)C6)nc4c3F)c12. The van der Waals surface area contributed by atoms with Crippen LogP contribution in [-0.2, 0) is 4.74 Å². The van der Waals surface area contributed by atoms with Crippen molar-refractivity contribution >= 4 is 33.6 Å². The minimum absolute atomic E-state index is 0.0376. The van der Waals surface area contributed by atoms with Gasteiger partial charge in [0.05, 0.1) is 17.1 Å². The van der Waals surface area contributed by atoms with Crippen molar-refractivity contribution in [1.82, 2.24) is 19.8 Å². The van der Waals surface area contributed by atoms with Gasteiger partial charge < -0.3 is 19.5 Å². The number of nitrogens with zero attached hydrogens (tertiary/aromatic N) is 5. The molecule has 4 aliphatic rings. The van der Waals surface area contributed by atoms with Crippen molar-refractivity contribution in [2.24, 2.45) is 0 Å². The van der Waals surface area contributed by atoms with Crippen molar-refractivity contribution in [1.29, 1.82) is 0 Å². The van der Waals surface area contributed by atoms with E-state index in [9.17, 15) is 18.7 Å². The van der Waals surface area contributed by atoms with Crippen LogP contribution in [0.3, 0.4) is 0 Å². The van der Waals surface area contributed by atoms with E-state index in [4.69, 9.17) is 20.9 Å². The van der Waals surface area contributed by atoms with Gasteiger partial charge in [0.25, 0.3) is 0 Å². The van der Waals surface area contributed by atoms with Gasteiger partial charge in [-0.25, -0.2) is 18.0 Å². The predicted molar refractivity (Wildman–Crippen MR) is 165 cm³/mol. The van der Waals surface area contributed by atoms with Gasteiger partial charge >= 0.3 is 12.1 Å². The van der Waals surface area contributed by atoms with E-state index >= 15 is 4.39 Å². The first-order valence-electron chi connectivity index (χ1n) is 15.4. The van der Waals surface area contributed by atoms with Gasteiger partial charge in [-0.05, 0) is 54.6 Å². The van der Waals surface area contributed by atoms with Gasteiger partial charge in [0.2, 0.25) is 0 Å². The Bertz CT molecular complexity index is 1970. The number of alkyl halides is 1. The van der Waals surface area contributed by atoms with Gasteiger partial charge in [0.1, 0.15) is 42.3 Å². The molecule has 5 heterocycles. The molecule has 0 aliphatic carbocycles. The molecule has 4 fully saturated rings. The lowest BCUT2D eigenvalue weighted by molar-refractivity contribution is 0.107. The number of ether oxygens (including phenoxy) is 2. The summed E-state index contributed by atoms with van der Waals surface area (Å²) in [4.78, 5) is 27.2. The number of aromatic hydroxyl groups is 1. The third kappa shape index (κ3) is 4.47. The van der Waals surface area contributed by atoms with Gasteiger partial charge in [-0.2, -0.15) is 9.97 Å². The van der Waals surface area contributed by atoms with Crippen molar-refractivity contribution < 1.29 is 32.5 Å². The fourth-order valence-electron chi connectivity index (χ4n) is 7.75. The van der Waals surface area contributed by atoms with Crippen LogP contribution in [0.15, 0.2) is 36.4 Å². The number of anilines is 1. The molecule has 3 aromatic carbocycles. The van der Waals surface area contributed by atoms with Gasteiger partial charge in [-0.1, -0.05) is 18.1 Å². The molecule has 0 spiro atoms. The number of carbonyl (C=O) groups excluding carboxylic acids is 1. The quantitative estimate of drug-likeness (QED) is 0.308. The molecule has 3 atom stereocenters. The molecule has 4 aliphatic heterocycles. The Kier molecular flexibility index (Phi) is 6.65. The van der Waals surface area contributed by atoms with E-state index in [0.717, 1.165) is 19.4 Å². The van der Waals surface area contributed by atoms with Gasteiger partial charge in [0, 0.05) is 48.9 Å². The van der Waals surface area contributed by atoms with E-state index in [2.05, 4.69) is 15.8 Å². The first-order chi connectivity index (χ1) is 22.2. The Hall–Kier alpha value is -4.76. The lowest BCUT2D eigenvalue weighted by Gasteiger charge is -2.36. The summed E-state index contributed by atoms with van der Waals surface area (Å²) in [6, 6.07) is 8.46. The minimum atomic E-state index is -0.945. The Labute approximate surface area is 262 Å². The number of rotatable bonds is 5. The highest BCUT2D eigenvalue weighted by molar-refractivity contribution is 6.04. The lowest BCUT2D eigenvalue weighted by atomic mass is 9.93. The second-order valence-corrected chi connectivity index (χ2v) is 12.5. The van der Waals surface area contributed by atoms with Crippen LogP contribution in [0, 0.1) is 24.0 Å². The molecule has 1 N–H and O–H groups in total. The molecular formula is C34H30F3N5O4. The Balaban J connectivity index is 1.26. The van der Waals surface area contributed by atoms with E-state index in [0.29, 0.717) is 49.2 Å². The number of benzene rings is 3. The first-order valence-corrected chi connectivity index (χ1v) is 15.4. The topological polar surface area (TPSA) is 91.3 Å². The summed E-state index contributed by atoms with van der Waals surface area (Å²) in [5, 5.41) is 11.7. The third-order valence-corrected chi connectivity index (χ3v) is 9.90. The molecule has 9 nitrogen and oxygen atoms in total. The number of aromatic nitrogens is 2. The number of fused-ring (bicyclic) bond motifs is 4. The molecule has 0 radical (unpaired) electrons. The summed E-state index contributed by atoms with van der Waals surface area (Å²) >= 11 is 0. The summed E-state index contributed by atoms with van der Waals surface area (Å²) in [5.74, 6) is 1.29. The average Bonchev–Trinajstić information content (AvgIpc) is 3.71. The van der Waals surface area contributed by atoms with E-state index in [1.54, 1.807) is 11.0 Å². The molecule has 236 valence electrons. The number of hydrogen-bond acceptors (Lipinski definition) is 8.